The van der Waals surface area contributed by atoms with Gasteiger partial charge >= 0.3 is 11.9 Å². The van der Waals surface area contributed by atoms with E-state index in [4.69, 9.17) is 16.0 Å². The minimum absolute atomic E-state index is 0.131. The minimum Gasteiger partial charge on any atom is -0.478 e. The maximum Gasteiger partial charge on any atom is 0.336 e. The fourth-order valence-electron chi connectivity index (χ4n) is 3.73. The number of aromatic carboxylic acids is 1. The van der Waals surface area contributed by atoms with Crippen molar-refractivity contribution in [3.63, 3.8) is 0 Å². The highest BCUT2D eigenvalue weighted by atomic mass is 35.5. The number of rotatable bonds is 5. The zero-order valence-electron chi connectivity index (χ0n) is 17.6. The number of nitrogens with zero attached hydrogens (tertiary/aromatic N) is 2. The summed E-state index contributed by atoms with van der Waals surface area (Å²) in [6.45, 7) is 5.62. The molecule has 1 amide bonds. The number of carboxylic acids is 1. The topological polar surface area (TPSA) is 96.8 Å². The molecule has 162 valence electrons. The molecule has 8 heteroatoms. The number of amides is 1. The Morgan fingerprint density at radius 1 is 1.12 bits per heavy atom. The third kappa shape index (κ3) is 3.90. The lowest BCUT2D eigenvalue weighted by molar-refractivity contribution is 0.0695. The van der Waals surface area contributed by atoms with Gasteiger partial charge in [-0.2, -0.15) is 5.10 Å². The smallest absolute Gasteiger partial charge is 0.336 e. The lowest BCUT2D eigenvalue weighted by Crippen LogP contribution is -2.16. The number of furan rings is 1. The summed E-state index contributed by atoms with van der Waals surface area (Å²) in [5, 5.41) is 14.8. The van der Waals surface area contributed by atoms with Crippen LogP contribution in [-0.2, 0) is 0 Å². The van der Waals surface area contributed by atoms with Crippen LogP contribution in [-0.4, -0.2) is 27.8 Å². The molecule has 0 fully saturated rings. The molecule has 0 saturated carbocycles. The van der Waals surface area contributed by atoms with Crippen molar-refractivity contribution in [2.24, 2.45) is 5.10 Å². The summed E-state index contributed by atoms with van der Waals surface area (Å²) in [6.07, 6.45) is 1.55. The molecule has 0 atom stereocenters. The van der Waals surface area contributed by atoms with Crippen LogP contribution in [0.5, 0.6) is 0 Å². The number of aryl methyl sites for hydroxylation is 1. The van der Waals surface area contributed by atoms with Gasteiger partial charge in [0.15, 0.2) is 5.76 Å². The number of hydrazone groups is 1. The Balaban J connectivity index is 1.57. The minimum atomic E-state index is -0.968. The predicted octanol–water partition coefficient (Wildman–Crippen LogP) is 5.26. The average Bonchev–Trinajstić information content (AvgIpc) is 3.28. The Bertz CT molecular complexity index is 1400. The van der Waals surface area contributed by atoms with Gasteiger partial charge in [-0.05, 0) is 68.8 Å². The van der Waals surface area contributed by atoms with E-state index >= 15 is 0 Å². The first-order valence-electron chi connectivity index (χ1n) is 9.81. The van der Waals surface area contributed by atoms with E-state index < -0.39 is 11.9 Å². The van der Waals surface area contributed by atoms with Crippen LogP contribution in [0.3, 0.4) is 0 Å². The Kier molecular flexibility index (Phi) is 5.59. The van der Waals surface area contributed by atoms with Crippen LogP contribution >= 0.6 is 11.6 Å². The lowest BCUT2D eigenvalue weighted by Gasteiger charge is -2.14. The van der Waals surface area contributed by atoms with Crippen LogP contribution in [0.2, 0.25) is 5.02 Å². The highest BCUT2D eigenvalue weighted by Gasteiger charge is 2.16. The molecule has 0 aliphatic carbocycles. The van der Waals surface area contributed by atoms with E-state index in [-0.39, 0.29) is 11.3 Å². The monoisotopic (exact) mass is 449 g/mol. The number of carbonyl (C=O) groups is 2. The molecule has 7 nitrogen and oxygen atoms in total. The van der Waals surface area contributed by atoms with Crippen LogP contribution in [0, 0.1) is 20.8 Å². The van der Waals surface area contributed by atoms with Gasteiger partial charge in [-0.1, -0.05) is 17.7 Å². The molecule has 2 aromatic heterocycles. The maximum absolute atomic E-state index is 12.4. The number of carbonyl (C=O) groups excluding carboxylic acids is 1. The Hall–Kier alpha value is -3.84. The fraction of sp³-hybridized carbons (Fsp3) is 0.125. The van der Waals surface area contributed by atoms with E-state index in [0.29, 0.717) is 16.2 Å². The molecule has 2 N–H and O–H groups in total. The average molecular weight is 450 g/mol. The number of carboxylic acid groups (broad SMARTS) is 1. The van der Waals surface area contributed by atoms with E-state index in [1.807, 2.05) is 30.5 Å². The molecule has 2 aromatic carbocycles. The highest BCUT2D eigenvalue weighted by Crippen LogP contribution is 2.25. The van der Waals surface area contributed by atoms with Crippen molar-refractivity contribution in [2.75, 3.05) is 0 Å². The van der Waals surface area contributed by atoms with E-state index in [0.717, 1.165) is 28.0 Å². The molecule has 32 heavy (non-hydrogen) atoms. The first-order valence-corrected chi connectivity index (χ1v) is 10.2. The van der Waals surface area contributed by atoms with E-state index in [1.54, 1.807) is 49.5 Å². The van der Waals surface area contributed by atoms with Gasteiger partial charge in [0, 0.05) is 33.0 Å². The molecule has 4 rings (SSSR count). The van der Waals surface area contributed by atoms with Crippen molar-refractivity contribution >= 4 is 40.7 Å². The molecule has 0 radical (unpaired) electrons. The molecule has 4 aromatic rings. The third-order valence-electron chi connectivity index (χ3n) is 5.32. The second kappa shape index (κ2) is 8.36. The predicted molar refractivity (Wildman–Crippen MR) is 123 cm³/mol. The number of hydrogen-bond acceptors (Lipinski definition) is 4. The lowest BCUT2D eigenvalue weighted by atomic mass is 10.1. The molecular weight excluding hydrogens is 430 g/mol. The van der Waals surface area contributed by atoms with Crippen molar-refractivity contribution < 1.29 is 19.1 Å². The summed E-state index contributed by atoms with van der Waals surface area (Å²) in [5.41, 5.74) is 7.31. The summed E-state index contributed by atoms with van der Waals surface area (Å²) in [6, 6.07) is 13.8. The Labute approximate surface area is 188 Å². The normalized spacial score (nSPS) is 11.4. The molecule has 0 aliphatic rings. The second-order valence-corrected chi connectivity index (χ2v) is 7.85. The Morgan fingerprint density at radius 3 is 2.66 bits per heavy atom. The zero-order valence-corrected chi connectivity index (χ0v) is 18.4. The number of halogens is 1. The second-order valence-electron chi connectivity index (χ2n) is 7.41. The number of nitrogens with one attached hydrogen (secondary N) is 1. The van der Waals surface area contributed by atoms with Gasteiger partial charge in [0.05, 0.1) is 11.8 Å². The molecule has 0 spiro atoms. The largest absolute Gasteiger partial charge is 0.478 e. The molecule has 2 heterocycles. The summed E-state index contributed by atoms with van der Waals surface area (Å²) in [7, 11) is 0. The van der Waals surface area contributed by atoms with Crippen molar-refractivity contribution in [3.8, 4) is 5.69 Å². The van der Waals surface area contributed by atoms with Crippen LogP contribution < -0.4 is 5.43 Å². The first-order chi connectivity index (χ1) is 15.3. The van der Waals surface area contributed by atoms with Gasteiger partial charge in [0.2, 0.25) is 0 Å². The number of aromatic nitrogens is 1. The van der Waals surface area contributed by atoms with Crippen molar-refractivity contribution in [3.05, 3.63) is 87.4 Å². The van der Waals surface area contributed by atoms with Crippen molar-refractivity contribution in [1.82, 2.24) is 9.99 Å². The third-order valence-corrected chi connectivity index (χ3v) is 5.55. The summed E-state index contributed by atoms with van der Waals surface area (Å²) < 4.78 is 7.51. The summed E-state index contributed by atoms with van der Waals surface area (Å²) >= 11 is 5.97. The van der Waals surface area contributed by atoms with Gasteiger partial charge in [-0.3, -0.25) is 4.79 Å². The molecule has 0 bridgehead atoms. The number of benzene rings is 2. The van der Waals surface area contributed by atoms with Gasteiger partial charge in [-0.15, -0.1) is 0 Å². The van der Waals surface area contributed by atoms with Gasteiger partial charge in [-0.25, -0.2) is 10.2 Å². The summed E-state index contributed by atoms with van der Waals surface area (Å²) in [5.74, 6) is -1.32. The van der Waals surface area contributed by atoms with Crippen LogP contribution in [0.25, 0.3) is 16.7 Å². The molecular formula is C24H20ClN3O4. The van der Waals surface area contributed by atoms with Crippen molar-refractivity contribution in [2.45, 2.75) is 20.8 Å². The van der Waals surface area contributed by atoms with Crippen molar-refractivity contribution in [1.29, 1.82) is 0 Å². The fourth-order valence-corrected chi connectivity index (χ4v) is 3.91. The summed E-state index contributed by atoms with van der Waals surface area (Å²) in [4.78, 5) is 23.9. The number of hydrogen-bond donors (Lipinski definition) is 2. The molecule has 0 saturated heterocycles. The van der Waals surface area contributed by atoms with Crippen LogP contribution in [0.4, 0.5) is 0 Å². The SMILES string of the molecule is Cc1c(C(=O)O)cccc1-n1c(C)cc(/C=N/NC(=O)c2cc3cc(Cl)ccc3o2)c1C. The maximum atomic E-state index is 12.4. The number of fused-ring (bicyclic) bond motifs is 1. The molecule has 0 unspecified atom stereocenters. The van der Waals surface area contributed by atoms with E-state index in [1.165, 1.54) is 0 Å². The van der Waals surface area contributed by atoms with Crippen LogP contribution in [0.15, 0.2) is 58.0 Å². The zero-order chi connectivity index (χ0) is 23.0. The van der Waals surface area contributed by atoms with Gasteiger partial charge < -0.3 is 14.1 Å². The first kappa shape index (κ1) is 21.4. The van der Waals surface area contributed by atoms with Gasteiger partial charge in [0.1, 0.15) is 5.58 Å². The van der Waals surface area contributed by atoms with Gasteiger partial charge in [0.25, 0.3) is 0 Å². The highest BCUT2D eigenvalue weighted by molar-refractivity contribution is 6.31. The Morgan fingerprint density at radius 2 is 1.91 bits per heavy atom. The quantitative estimate of drug-likeness (QED) is 0.320. The van der Waals surface area contributed by atoms with E-state index in [9.17, 15) is 14.7 Å². The van der Waals surface area contributed by atoms with E-state index in [2.05, 4.69) is 10.5 Å². The van der Waals surface area contributed by atoms with Crippen LogP contribution in [0.1, 0.15) is 43.4 Å². The molecule has 0 aliphatic heterocycles. The standard InChI is InChI=1S/C24H20ClN3O4/c1-13-9-17(15(3)28(13)20-6-4-5-19(14(20)2)24(30)31)12-26-27-23(29)22-11-16-10-18(25)7-8-21(16)32-22/h4-12H,1-3H3,(H,27,29)(H,30,31)/b26-12+.